The highest BCUT2D eigenvalue weighted by Crippen LogP contribution is 1.68. The number of rotatable bonds is 1. The summed E-state index contributed by atoms with van der Waals surface area (Å²) < 4.78 is 0. The summed E-state index contributed by atoms with van der Waals surface area (Å²) in [5.41, 5.74) is 0. The Morgan fingerprint density at radius 2 is 2.25 bits per heavy atom. The molecule has 0 atom stereocenters. The van der Waals surface area contributed by atoms with E-state index < -0.39 is 0 Å². The van der Waals surface area contributed by atoms with E-state index in [1.807, 2.05) is 22.4 Å². The first-order valence-electron chi connectivity index (χ1n) is 0.793. The highest BCUT2D eigenvalue weighted by atomic mass is 127. The summed E-state index contributed by atoms with van der Waals surface area (Å²) in [6.45, 7) is 3.17. The van der Waals surface area contributed by atoms with Crippen LogP contribution in [0.3, 0.4) is 0 Å². The lowest BCUT2D eigenvalue weighted by Crippen LogP contribution is -1.54. The molecule has 0 N–H and O–H groups in total. The predicted octanol–water partition coefficient (Wildman–Crippen LogP) is 0.656. The van der Waals surface area contributed by atoms with E-state index in [1.165, 1.54) is 0 Å². The van der Waals surface area contributed by atoms with Crippen LogP contribution in [0.25, 0.3) is 0 Å². The molecule has 3 heteroatoms. The lowest BCUT2D eigenvalue weighted by atomic mass is 10.5. The fourth-order valence-electron chi connectivity index (χ4n) is 0. The van der Waals surface area contributed by atoms with Gasteiger partial charge in [-0.15, -0.1) is 22.4 Å². The van der Waals surface area contributed by atoms with Crippen LogP contribution in [0.15, 0.2) is 4.90 Å². The molecule has 0 saturated heterocycles. The van der Waals surface area contributed by atoms with Crippen LogP contribution in [0.1, 0.15) is 0 Å². The first-order chi connectivity index (χ1) is 1.91. The van der Waals surface area contributed by atoms with Gasteiger partial charge in [0.1, 0.15) is 0 Å². The fourth-order valence-corrected chi connectivity index (χ4v) is 0. The number of hydrogen-bond acceptors (Lipinski definition) is 1. The molecule has 21 valence electrons. The van der Waals surface area contributed by atoms with Gasteiger partial charge in [-0.1, -0.05) is 0 Å². The molecule has 0 aliphatic rings. The summed E-state index contributed by atoms with van der Waals surface area (Å²) in [5.74, 6) is 0. The summed E-state index contributed by atoms with van der Waals surface area (Å²) in [7, 11) is 0. The lowest BCUT2D eigenvalue weighted by Gasteiger charge is -1.53. The van der Waals surface area contributed by atoms with Gasteiger partial charge in [-0.25, -0.2) is 0 Å². The smallest absolute Gasteiger partial charge is 0.348 e. The monoisotopic (exact) mass is 166 g/mol. The van der Waals surface area contributed by atoms with Gasteiger partial charge in [-0.3, -0.25) is 0 Å². The van der Waals surface area contributed by atoms with Crippen molar-refractivity contribution in [3.8, 4) is 0 Å². The molecule has 0 spiro atoms. The van der Waals surface area contributed by atoms with Gasteiger partial charge in [-0.05, 0) is 6.72 Å². The van der Waals surface area contributed by atoms with E-state index in [2.05, 4.69) is 11.6 Å². The zero-order valence-electron chi connectivity index (χ0n) is 2.11. The maximum absolute atomic E-state index is 3.35. The standard InChI is InChI=1S/CH2BIN/c1-4-2-3/h1H2. The van der Waals surface area contributed by atoms with Crippen LogP contribution in [0, 0.1) is 0 Å². The first-order valence-corrected chi connectivity index (χ1v) is 2.04. The van der Waals surface area contributed by atoms with Gasteiger partial charge in [0.05, 0.1) is 0 Å². The van der Waals surface area contributed by atoms with Gasteiger partial charge in [0, 0.05) is 0 Å². The van der Waals surface area contributed by atoms with Crippen LogP contribution < -0.4 is 0 Å². The van der Waals surface area contributed by atoms with Gasteiger partial charge in [0.25, 0.3) is 0 Å². The predicted molar refractivity (Wildman–Crippen MR) is 29.3 cm³/mol. The minimum absolute atomic E-state index is 1.61. The average molecular weight is 166 g/mol. The van der Waals surface area contributed by atoms with Crippen LogP contribution in [0.4, 0.5) is 0 Å². The molecule has 1 nitrogen and oxygen atoms in total. The molecule has 0 aromatic heterocycles. The van der Waals surface area contributed by atoms with Crippen LogP contribution >= 0.6 is 22.4 Å². The molecule has 0 bridgehead atoms. The van der Waals surface area contributed by atoms with Gasteiger partial charge in [0.2, 0.25) is 0 Å². The van der Waals surface area contributed by atoms with Crippen LogP contribution in [-0.2, 0) is 0 Å². The number of hydrogen-bond donors (Lipinski definition) is 0. The van der Waals surface area contributed by atoms with Gasteiger partial charge >= 0.3 is 5.27 Å². The van der Waals surface area contributed by atoms with Crippen molar-refractivity contribution >= 4 is 34.4 Å². The highest BCUT2D eigenvalue weighted by Gasteiger charge is 1.57. The molecule has 0 fully saturated rings. The second kappa shape index (κ2) is 3.46. The third kappa shape index (κ3) is 2.46. The van der Waals surface area contributed by atoms with Crippen molar-refractivity contribution in [1.29, 1.82) is 0 Å². The van der Waals surface area contributed by atoms with E-state index in [9.17, 15) is 0 Å². The summed E-state index contributed by atoms with van der Waals surface area (Å²) in [5, 5.41) is 1.61. The summed E-state index contributed by atoms with van der Waals surface area (Å²) >= 11 is 2.00. The van der Waals surface area contributed by atoms with Gasteiger partial charge in [0.15, 0.2) is 0 Å². The van der Waals surface area contributed by atoms with Crippen molar-refractivity contribution in [1.82, 2.24) is 0 Å². The van der Waals surface area contributed by atoms with E-state index in [0.717, 1.165) is 0 Å². The minimum Gasteiger partial charge on any atom is -0.348 e. The van der Waals surface area contributed by atoms with Gasteiger partial charge < -0.3 is 4.90 Å². The maximum atomic E-state index is 3.35. The van der Waals surface area contributed by atoms with Crippen molar-refractivity contribution in [2.75, 3.05) is 0 Å². The highest BCUT2D eigenvalue weighted by molar-refractivity contribution is 14.1. The Bertz CT molecular complexity index is 22.0. The summed E-state index contributed by atoms with van der Waals surface area (Å²) in [6.07, 6.45) is 0. The van der Waals surface area contributed by atoms with E-state index in [1.54, 1.807) is 5.27 Å². The molecule has 0 aromatic carbocycles. The van der Waals surface area contributed by atoms with E-state index in [4.69, 9.17) is 0 Å². The lowest BCUT2D eigenvalue weighted by molar-refractivity contribution is 1.99. The van der Waals surface area contributed by atoms with Crippen molar-refractivity contribution in [2.45, 2.75) is 0 Å². The van der Waals surface area contributed by atoms with Crippen molar-refractivity contribution < 1.29 is 0 Å². The largest absolute Gasteiger partial charge is 0.353 e. The molecule has 0 aromatic rings. The quantitative estimate of drug-likeness (QED) is 0.308. The molecule has 1 radical (unpaired) electrons. The Balaban J connectivity index is 2.30. The fraction of sp³-hybridized carbons (Fsp3) is 0. The van der Waals surface area contributed by atoms with Crippen LogP contribution in [0.2, 0.25) is 0 Å². The van der Waals surface area contributed by atoms with E-state index >= 15 is 0 Å². The van der Waals surface area contributed by atoms with Crippen molar-refractivity contribution in [3.63, 3.8) is 0 Å². The van der Waals surface area contributed by atoms with E-state index in [-0.39, 0.29) is 0 Å². The Morgan fingerprint density at radius 1 is 2.00 bits per heavy atom. The van der Waals surface area contributed by atoms with Gasteiger partial charge in [-0.2, -0.15) is 0 Å². The topological polar surface area (TPSA) is 12.4 Å². The molecule has 0 aliphatic carbocycles. The molecular weight excluding hydrogens is 164 g/mol. The third-order valence-electron chi connectivity index (χ3n) is 0.0690. The molecule has 0 aliphatic heterocycles. The normalized spacial score (nSPS) is 5.25. The minimum atomic E-state index is 1.61. The molecule has 0 unspecified atom stereocenters. The Hall–Kier alpha value is 0.465. The number of nitrogens with zero attached hydrogens (tertiary/aromatic N) is 1. The molecule has 4 heavy (non-hydrogen) atoms. The summed E-state index contributed by atoms with van der Waals surface area (Å²) in [6, 6.07) is 0. The first kappa shape index (κ1) is 4.46. The Morgan fingerprint density at radius 3 is 2.25 bits per heavy atom. The Labute approximate surface area is 39.6 Å². The molecular formula is CH2BIN. The molecule has 0 saturated carbocycles. The number of halogens is 1. The van der Waals surface area contributed by atoms with Crippen molar-refractivity contribution in [2.24, 2.45) is 4.90 Å². The molecule has 0 rings (SSSR count). The zero-order chi connectivity index (χ0) is 3.41. The third-order valence-corrected chi connectivity index (χ3v) is 0.463. The summed E-state index contributed by atoms with van der Waals surface area (Å²) in [4.78, 5) is 3.35. The Kier molecular flexibility index (Phi) is 3.87. The van der Waals surface area contributed by atoms with Crippen molar-refractivity contribution in [3.05, 3.63) is 0 Å². The molecule has 0 heterocycles. The zero-order valence-corrected chi connectivity index (χ0v) is 4.27. The second-order valence-electron chi connectivity index (χ2n) is 0.280. The molecule has 0 amide bonds. The van der Waals surface area contributed by atoms with Crippen LogP contribution in [-0.4, -0.2) is 12.0 Å². The second-order valence-corrected chi connectivity index (χ2v) is 0.837. The van der Waals surface area contributed by atoms with E-state index in [0.29, 0.717) is 0 Å². The van der Waals surface area contributed by atoms with Crippen LogP contribution in [0.5, 0.6) is 0 Å². The maximum Gasteiger partial charge on any atom is 0.353 e. The average Bonchev–Trinajstić information content (AvgIpc) is 1.37. The SMILES string of the molecule is C=N[B]I.